The molecule has 0 aliphatic carbocycles. The molecule has 0 atom stereocenters. The highest BCUT2D eigenvalue weighted by Gasteiger charge is 2.26. The number of piperazine rings is 1. The number of fused-ring (bicyclic) bond motifs is 1. The Balaban J connectivity index is 1.46. The number of rotatable bonds is 3. The molecule has 0 radical (unpaired) electrons. The van der Waals surface area contributed by atoms with E-state index in [0.717, 1.165) is 25.0 Å². The Morgan fingerprint density at radius 3 is 2.72 bits per heavy atom. The van der Waals surface area contributed by atoms with E-state index in [1.807, 2.05) is 4.90 Å². The molecule has 3 nitrogen and oxygen atoms in total. The van der Waals surface area contributed by atoms with Gasteiger partial charge in [-0.3, -0.25) is 9.69 Å². The highest BCUT2D eigenvalue weighted by atomic mass is 35.5. The Kier molecular flexibility index (Phi) is 4.78. The van der Waals surface area contributed by atoms with Crippen molar-refractivity contribution in [1.29, 1.82) is 0 Å². The van der Waals surface area contributed by atoms with Crippen molar-refractivity contribution in [2.75, 3.05) is 26.2 Å². The molecule has 130 valence electrons. The van der Waals surface area contributed by atoms with Crippen LogP contribution in [0.5, 0.6) is 0 Å². The molecule has 1 aliphatic rings. The van der Waals surface area contributed by atoms with Crippen molar-refractivity contribution >= 4 is 50.3 Å². The minimum absolute atomic E-state index is 0.0539. The lowest BCUT2D eigenvalue weighted by Gasteiger charge is -2.34. The van der Waals surface area contributed by atoms with Crippen LogP contribution in [-0.4, -0.2) is 41.9 Å². The normalized spacial score (nSPS) is 15.8. The van der Waals surface area contributed by atoms with Gasteiger partial charge in [0.05, 0.1) is 5.02 Å². The van der Waals surface area contributed by atoms with Crippen molar-refractivity contribution in [3.05, 3.63) is 56.3 Å². The van der Waals surface area contributed by atoms with Gasteiger partial charge < -0.3 is 4.90 Å². The van der Waals surface area contributed by atoms with Crippen molar-refractivity contribution in [2.24, 2.45) is 0 Å². The van der Waals surface area contributed by atoms with Gasteiger partial charge in [-0.1, -0.05) is 11.6 Å². The zero-order valence-electron chi connectivity index (χ0n) is 13.4. The van der Waals surface area contributed by atoms with E-state index in [2.05, 4.69) is 21.7 Å². The van der Waals surface area contributed by atoms with Gasteiger partial charge in [-0.15, -0.1) is 11.3 Å². The second-order valence-electron chi connectivity index (χ2n) is 6.09. The summed E-state index contributed by atoms with van der Waals surface area (Å²) in [5, 5.41) is 5.42. The predicted molar refractivity (Wildman–Crippen MR) is 102 cm³/mol. The van der Waals surface area contributed by atoms with Crippen LogP contribution >= 0.6 is 34.3 Å². The van der Waals surface area contributed by atoms with Crippen LogP contribution in [0.2, 0.25) is 5.02 Å². The van der Waals surface area contributed by atoms with Gasteiger partial charge in [0.25, 0.3) is 5.91 Å². The Labute approximate surface area is 158 Å². The van der Waals surface area contributed by atoms with Crippen LogP contribution in [-0.2, 0) is 6.54 Å². The predicted octanol–water partition coefficient (Wildman–Crippen LogP) is 4.71. The maximum atomic E-state index is 13.4. The van der Waals surface area contributed by atoms with Crippen molar-refractivity contribution in [3.8, 4) is 0 Å². The fraction of sp³-hybridized carbons (Fsp3) is 0.278. The lowest BCUT2D eigenvalue weighted by molar-refractivity contribution is 0.0633. The molecule has 0 spiro atoms. The number of carbonyl (C=O) groups is 1. The molecule has 4 rings (SSSR count). The first-order valence-electron chi connectivity index (χ1n) is 8.02. The van der Waals surface area contributed by atoms with Crippen LogP contribution in [0.4, 0.5) is 4.39 Å². The number of thiophene rings is 2. The first kappa shape index (κ1) is 17.0. The Hall–Kier alpha value is -1.47. The molecule has 1 amide bonds. The van der Waals surface area contributed by atoms with E-state index in [0.29, 0.717) is 27.7 Å². The second kappa shape index (κ2) is 7.03. The number of hydrogen-bond acceptors (Lipinski definition) is 4. The maximum absolute atomic E-state index is 13.4. The van der Waals surface area contributed by atoms with E-state index in [1.54, 1.807) is 17.4 Å². The van der Waals surface area contributed by atoms with Crippen molar-refractivity contribution in [1.82, 2.24) is 9.80 Å². The second-order valence-corrected chi connectivity index (χ2v) is 8.30. The highest BCUT2D eigenvalue weighted by Crippen LogP contribution is 2.36. The fourth-order valence-electron chi connectivity index (χ4n) is 3.07. The molecular formula is C18H16ClFN2OS2. The molecule has 3 heterocycles. The fourth-order valence-corrected chi connectivity index (χ4v) is 5.23. The van der Waals surface area contributed by atoms with Crippen LogP contribution in [0.3, 0.4) is 0 Å². The van der Waals surface area contributed by atoms with Gasteiger partial charge in [-0.05, 0) is 40.6 Å². The summed E-state index contributed by atoms with van der Waals surface area (Å²) in [6, 6.07) is 6.58. The van der Waals surface area contributed by atoms with Crippen molar-refractivity contribution in [2.45, 2.75) is 6.54 Å². The molecule has 3 aromatic rings. The van der Waals surface area contributed by atoms with Gasteiger partial charge >= 0.3 is 0 Å². The summed E-state index contributed by atoms with van der Waals surface area (Å²) < 4.78 is 14.1. The lowest BCUT2D eigenvalue weighted by atomic mass is 10.2. The largest absolute Gasteiger partial charge is 0.335 e. The summed E-state index contributed by atoms with van der Waals surface area (Å²) >= 11 is 9.35. The molecule has 1 aliphatic heterocycles. The quantitative estimate of drug-likeness (QED) is 0.642. The number of halogens is 2. The SMILES string of the molecule is O=C(c1sc2cc(F)ccc2c1Cl)N1CCN(Cc2ccsc2)CC1. The van der Waals surface area contributed by atoms with Gasteiger partial charge in [0.2, 0.25) is 0 Å². The van der Waals surface area contributed by atoms with Crippen LogP contribution in [0.15, 0.2) is 35.0 Å². The van der Waals surface area contributed by atoms with E-state index < -0.39 is 0 Å². The van der Waals surface area contributed by atoms with Crippen molar-refractivity contribution in [3.63, 3.8) is 0 Å². The maximum Gasteiger partial charge on any atom is 0.265 e. The minimum Gasteiger partial charge on any atom is -0.335 e. The van der Waals surface area contributed by atoms with Crippen LogP contribution in [0.1, 0.15) is 15.2 Å². The molecular weight excluding hydrogens is 379 g/mol. The molecule has 2 aromatic heterocycles. The number of amides is 1. The summed E-state index contributed by atoms with van der Waals surface area (Å²) in [5.74, 6) is -0.367. The molecule has 1 saturated heterocycles. The number of hydrogen-bond donors (Lipinski definition) is 0. The first-order valence-corrected chi connectivity index (χ1v) is 10.2. The summed E-state index contributed by atoms with van der Waals surface area (Å²) in [5.41, 5.74) is 1.32. The minimum atomic E-state index is -0.313. The number of nitrogens with zero attached hydrogens (tertiary/aromatic N) is 2. The highest BCUT2D eigenvalue weighted by molar-refractivity contribution is 7.21. The third kappa shape index (κ3) is 3.44. The summed E-state index contributed by atoms with van der Waals surface area (Å²) in [6.45, 7) is 3.98. The van der Waals surface area contributed by atoms with Crippen LogP contribution < -0.4 is 0 Å². The van der Waals surface area contributed by atoms with E-state index in [9.17, 15) is 9.18 Å². The Morgan fingerprint density at radius 1 is 1.20 bits per heavy atom. The number of carbonyl (C=O) groups excluding carboxylic acids is 1. The summed E-state index contributed by atoms with van der Waals surface area (Å²) in [6.07, 6.45) is 0. The summed E-state index contributed by atoms with van der Waals surface area (Å²) in [7, 11) is 0. The lowest BCUT2D eigenvalue weighted by Crippen LogP contribution is -2.48. The average Bonchev–Trinajstić information content (AvgIpc) is 3.23. The van der Waals surface area contributed by atoms with Crippen LogP contribution in [0.25, 0.3) is 10.1 Å². The van der Waals surface area contributed by atoms with Gasteiger partial charge in [0, 0.05) is 42.8 Å². The third-order valence-corrected chi connectivity index (χ3v) is 6.81. The molecule has 0 unspecified atom stereocenters. The molecule has 0 N–H and O–H groups in total. The number of benzene rings is 1. The van der Waals surface area contributed by atoms with Gasteiger partial charge in [0.15, 0.2) is 0 Å². The van der Waals surface area contributed by atoms with E-state index >= 15 is 0 Å². The van der Waals surface area contributed by atoms with Gasteiger partial charge in [0.1, 0.15) is 10.7 Å². The first-order chi connectivity index (χ1) is 12.1. The standard InChI is InChI=1S/C18H16ClFN2OS2/c19-16-14-2-1-13(20)9-15(14)25-17(16)18(23)22-6-4-21(5-7-22)10-12-3-8-24-11-12/h1-3,8-9,11H,4-7,10H2. The molecule has 1 aromatic carbocycles. The van der Waals surface area contributed by atoms with E-state index in [1.165, 1.54) is 29.0 Å². The van der Waals surface area contributed by atoms with Crippen LogP contribution in [0, 0.1) is 5.82 Å². The zero-order chi connectivity index (χ0) is 17.4. The Bertz CT molecular complexity index is 901. The molecule has 0 bridgehead atoms. The average molecular weight is 395 g/mol. The molecule has 7 heteroatoms. The topological polar surface area (TPSA) is 23.6 Å². The van der Waals surface area contributed by atoms with Gasteiger partial charge in [-0.2, -0.15) is 11.3 Å². The smallest absolute Gasteiger partial charge is 0.265 e. The third-order valence-electron chi connectivity index (χ3n) is 4.43. The zero-order valence-corrected chi connectivity index (χ0v) is 15.8. The monoisotopic (exact) mass is 394 g/mol. The summed E-state index contributed by atoms with van der Waals surface area (Å²) in [4.78, 5) is 17.5. The van der Waals surface area contributed by atoms with E-state index in [-0.39, 0.29) is 11.7 Å². The van der Waals surface area contributed by atoms with Crippen molar-refractivity contribution < 1.29 is 9.18 Å². The molecule has 1 fully saturated rings. The van der Waals surface area contributed by atoms with Gasteiger partial charge in [-0.25, -0.2) is 4.39 Å². The van der Waals surface area contributed by atoms with E-state index in [4.69, 9.17) is 11.6 Å². The molecule has 25 heavy (non-hydrogen) atoms. The Morgan fingerprint density at radius 2 is 2.00 bits per heavy atom. The molecule has 0 saturated carbocycles.